The molecule has 0 amide bonds. The first kappa shape index (κ1) is 15.7. The van der Waals surface area contributed by atoms with Gasteiger partial charge in [0, 0.05) is 10.5 Å². The van der Waals surface area contributed by atoms with Gasteiger partial charge in [0.2, 0.25) is 5.82 Å². The lowest BCUT2D eigenvalue weighted by Crippen LogP contribution is -2.03. The van der Waals surface area contributed by atoms with Gasteiger partial charge in [0.15, 0.2) is 0 Å². The summed E-state index contributed by atoms with van der Waals surface area (Å²) in [5.74, 6) is 1.19. The van der Waals surface area contributed by atoms with Crippen molar-refractivity contribution in [3.8, 4) is 11.4 Å². The Hall–Kier alpha value is -2.14. The van der Waals surface area contributed by atoms with Crippen LogP contribution in [0.15, 0.2) is 53.4 Å². The molecule has 5 heteroatoms. The Morgan fingerprint density at radius 2 is 1.70 bits per heavy atom. The average molecular weight is 324 g/mol. The molecular formula is C18H20N4S. The van der Waals surface area contributed by atoms with E-state index in [-0.39, 0.29) is 0 Å². The molecule has 0 spiro atoms. The van der Waals surface area contributed by atoms with E-state index in [1.807, 2.05) is 0 Å². The average Bonchev–Trinajstić information content (AvgIpc) is 3.04. The standard InChI is InChI=1S/C18H20N4S/c1-13(2)15-6-8-16(9-7-15)18-19-21-22(20-18)12-14-4-10-17(23-3)11-5-14/h4-11,13H,12H2,1-3H3. The molecular weight excluding hydrogens is 304 g/mol. The highest BCUT2D eigenvalue weighted by molar-refractivity contribution is 7.98. The summed E-state index contributed by atoms with van der Waals surface area (Å²) < 4.78 is 0. The van der Waals surface area contributed by atoms with Crippen LogP contribution in [0.2, 0.25) is 0 Å². The van der Waals surface area contributed by atoms with E-state index in [9.17, 15) is 0 Å². The molecule has 0 aliphatic carbocycles. The number of benzene rings is 2. The highest BCUT2D eigenvalue weighted by atomic mass is 32.2. The maximum Gasteiger partial charge on any atom is 0.204 e. The molecule has 0 aliphatic heterocycles. The van der Waals surface area contributed by atoms with Crippen LogP contribution in [0, 0.1) is 0 Å². The Balaban J connectivity index is 1.74. The molecule has 0 atom stereocenters. The van der Waals surface area contributed by atoms with Gasteiger partial charge in [-0.05, 0) is 40.6 Å². The molecule has 23 heavy (non-hydrogen) atoms. The first-order valence-corrected chi connectivity index (χ1v) is 8.89. The van der Waals surface area contributed by atoms with Crippen molar-refractivity contribution in [2.24, 2.45) is 0 Å². The molecule has 0 N–H and O–H groups in total. The van der Waals surface area contributed by atoms with Gasteiger partial charge in [0.25, 0.3) is 0 Å². The zero-order valence-corrected chi connectivity index (χ0v) is 14.4. The fraction of sp³-hybridized carbons (Fsp3) is 0.278. The van der Waals surface area contributed by atoms with Crippen LogP contribution < -0.4 is 0 Å². The summed E-state index contributed by atoms with van der Waals surface area (Å²) in [5, 5.41) is 12.8. The molecule has 0 radical (unpaired) electrons. The second-order valence-electron chi connectivity index (χ2n) is 5.77. The topological polar surface area (TPSA) is 43.6 Å². The molecule has 118 valence electrons. The zero-order chi connectivity index (χ0) is 16.2. The second kappa shape index (κ2) is 6.96. The highest BCUT2D eigenvalue weighted by Crippen LogP contribution is 2.20. The zero-order valence-electron chi connectivity index (χ0n) is 13.6. The van der Waals surface area contributed by atoms with E-state index in [0.717, 1.165) is 5.56 Å². The Labute approximate surface area is 140 Å². The molecule has 0 aliphatic rings. The molecule has 3 rings (SSSR count). The van der Waals surface area contributed by atoms with Crippen LogP contribution in [-0.2, 0) is 6.54 Å². The van der Waals surface area contributed by atoms with Crippen molar-refractivity contribution < 1.29 is 0 Å². The maximum absolute atomic E-state index is 4.48. The monoisotopic (exact) mass is 324 g/mol. The largest absolute Gasteiger partial charge is 0.204 e. The van der Waals surface area contributed by atoms with Crippen LogP contribution in [-0.4, -0.2) is 26.5 Å². The van der Waals surface area contributed by atoms with Crippen LogP contribution >= 0.6 is 11.8 Å². The summed E-state index contributed by atoms with van der Waals surface area (Å²) in [6.07, 6.45) is 2.07. The van der Waals surface area contributed by atoms with E-state index in [0.29, 0.717) is 18.3 Å². The molecule has 0 saturated heterocycles. The van der Waals surface area contributed by atoms with Crippen LogP contribution in [0.4, 0.5) is 0 Å². The maximum atomic E-state index is 4.48. The van der Waals surface area contributed by atoms with Crippen LogP contribution in [0.25, 0.3) is 11.4 Å². The van der Waals surface area contributed by atoms with Crippen molar-refractivity contribution in [3.63, 3.8) is 0 Å². The summed E-state index contributed by atoms with van der Waals surface area (Å²) >= 11 is 1.74. The van der Waals surface area contributed by atoms with Gasteiger partial charge in [-0.25, -0.2) is 0 Å². The Bertz CT molecular complexity index is 760. The summed E-state index contributed by atoms with van der Waals surface area (Å²) in [4.78, 5) is 2.89. The quantitative estimate of drug-likeness (QED) is 0.659. The third-order valence-corrected chi connectivity index (χ3v) is 4.52. The predicted molar refractivity (Wildman–Crippen MR) is 94.7 cm³/mol. The number of hydrogen-bond donors (Lipinski definition) is 0. The van der Waals surface area contributed by atoms with Gasteiger partial charge in [-0.3, -0.25) is 0 Å². The van der Waals surface area contributed by atoms with E-state index in [2.05, 4.69) is 84.0 Å². The van der Waals surface area contributed by atoms with Crippen LogP contribution in [0.3, 0.4) is 0 Å². The molecule has 0 saturated carbocycles. The van der Waals surface area contributed by atoms with Gasteiger partial charge in [-0.1, -0.05) is 50.2 Å². The van der Waals surface area contributed by atoms with Crippen molar-refractivity contribution >= 4 is 11.8 Å². The summed E-state index contributed by atoms with van der Waals surface area (Å²) in [7, 11) is 0. The van der Waals surface area contributed by atoms with Gasteiger partial charge < -0.3 is 0 Å². The highest BCUT2D eigenvalue weighted by Gasteiger charge is 2.07. The molecule has 4 nitrogen and oxygen atoms in total. The summed E-state index contributed by atoms with van der Waals surface area (Å²) in [6, 6.07) is 16.8. The third-order valence-electron chi connectivity index (χ3n) is 3.77. The molecule has 0 fully saturated rings. The van der Waals surface area contributed by atoms with Crippen LogP contribution in [0.1, 0.15) is 30.9 Å². The third kappa shape index (κ3) is 3.79. The smallest absolute Gasteiger partial charge is 0.159 e. The number of hydrogen-bond acceptors (Lipinski definition) is 4. The van der Waals surface area contributed by atoms with Crippen LogP contribution in [0.5, 0.6) is 0 Å². The molecule has 2 aromatic carbocycles. The number of nitrogens with zero attached hydrogens (tertiary/aromatic N) is 4. The number of rotatable bonds is 5. The minimum atomic E-state index is 0.525. The number of aromatic nitrogens is 4. The van der Waals surface area contributed by atoms with E-state index in [1.54, 1.807) is 16.6 Å². The number of tetrazole rings is 1. The molecule has 3 aromatic rings. The van der Waals surface area contributed by atoms with Gasteiger partial charge in [0.1, 0.15) is 0 Å². The summed E-state index contributed by atoms with van der Waals surface area (Å²) in [6.45, 7) is 5.00. The number of thioether (sulfide) groups is 1. The van der Waals surface area contributed by atoms with Crippen molar-refractivity contribution in [2.75, 3.05) is 6.26 Å². The van der Waals surface area contributed by atoms with E-state index >= 15 is 0 Å². The second-order valence-corrected chi connectivity index (χ2v) is 6.65. The minimum absolute atomic E-state index is 0.525. The van der Waals surface area contributed by atoms with Crippen molar-refractivity contribution in [1.82, 2.24) is 20.2 Å². The van der Waals surface area contributed by atoms with Gasteiger partial charge >= 0.3 is 0 Å². The lowest BCUT2D eigenvalue weighted by atomic mass is 10.0. The minimum Gasteiger partial charge on any atom is -0.159 e. The molecule has 0 bridgehead atoms. The van der Waals surface area contributed by atoms with E-state index in [4.69, 9.17) is 0 Å². The van der Waals surface area contributed by atoms with Gasteiger partial charge in [0.05, 0.1) is 6.54 Å². The van der Waals surface area contributed by atoms with Crippen molar-refractivity contribution in [3.05, 3.63) is 59.7 Å². The Morgan fingerprint density at radius 1 is 1.00 bits per heavy atom. The van der Waals surface area contributed by atoms with Gasteiger partial charge in [-0.15, -0.1) is 22.0 Å². The van der Waals surface area contributed by atoms with E-state index < -0.39 is 0 Å². The predicted octanol–water partition coefficient (Wildman–Crippen LogP) is 4.23. The lowest BCUT2D eigenvalue weighted by Gasteiger charge is -2.04. The SMILES string of the molecule is CSc1ccc(Cn2nnc(-c3ccc(C(C)C)cc3)n2)cc1. The fourth-order valence-electron chi connectivity index (χ4n) is 2.34. The van der Waals surface area contributed by atoms with Crippen molar-refractivity contribution in [1.29, 1.82) is 0 Å². The van der Waals surface area contributed by atoms with Gasteiger partial charge in [-0.2, -0.15) is 4.80 Å². The summed E-state index contributed by atoms with van der Waals surface area (Å²) in [5.41, 5.74) is 3.48. The molecule has 1 aromatic heterocycles. The first-order chi connectivity index (χ1) is 11.2. The Morgan fingerprint density at radius 3 is 2.30 bits per heavy atom. The normalized spacial score (nSPS) is 11.1. The van der Waals surface area contributed by atoms with Crippen molar-refractivity contribution in [2.45, 2.75) is 31.2 Å². The fourth-order valence-corrected chi connectivity index (χ4v) is 2.75. The molecule has 1 heterocycles. The molecule has 0 unspecified atom stereocenters. The Kier molecular flexibility index (Phi) is 4.76. The van der Waals surface area contributed by atoms with E-state index in [1.165, 1.54) is 16.0 Å². The lowest BCUT2D eigenvalue weighted by molar-refractivity contribution is 0.572. The first-order valence-electron chi connectivity index (χ1n) is 7.67.